The van der Waals surface area contributed by atoms with Crippen molar-refractivity contribution < 1.29 is 22.7 Å². The van der Waals surface area contributed by atoms with Crippen LogP contribution in [0.3, 0.4) is 0 Å². The largest absolute Gasteiger partial charge is 0.492 e. The molecule has 2 amide bonds. The van der Waals surface area contributed by atoms with E-state index in [0.29, 0.717) is 27.4 Å². The van der Waals surface area contributed by atoms with Gasteiger partial charge in [0, 0.05) is 33.1 Å². The highest BCUT2D eigenvalue weighted by Crippen LogP contribution is 2.40. The molecule has 3 aromatic carbocycles. The Kier molecular flexibility index (Phi) is 8.59. The van der Waals surface area contributed by atoms with Crippen LogP contribution in [0.4, 0.5) is 5.69 Å². The zero-order chi connectivity index (χ0) is 27.6. The number of nitrogens with one attached hydrogen (secondary N) is 2. The van der Waals surface area contributed by atoms with E-state index in [1.807, 2.05) is 0 Å². The van der Waals surface area contributed by atoms with Crippen molar-refractivity contribution in [2.24, 2.45) is 0 Å². The van der Waals surface area contributed by atoms with Crippen molar-refractivity contribution in [3.63, 3.8) is 0 Å². The van der Waals surface area contributed by atoms with Gasteiger partial charge in [0.1, 0.15) is 18.4 Å². The first-order chi connectivity index (χ1) is 17.9. The van der Waals surface area contributed by atoms with Crippen LogP contribution in [-0.4, -0.2) is 44.9 Å². The monoisotopic (exact) mass is 612 g/mol. The number of anilines is 1. The first-order valence-electron chi connectivity index (χ1n) is 11.1. The molecule has 0 saturated heterocycles. The summed E-state index contributed by atoms with van der Waals surface area (Å²) in [5, 5.41) is 6.62. The van der Waals surface area contributed by atoms with Crippen LogP contribution in [0.5, 0.6) is 5.75 Å². The van der Waals surface area contributed by atoms with Crippen LogP contribution >= 0.6 is 46.4 Å². The molecular weight excluding hydrogens is 594 g/mol. The first-order valence-corrected chi connectivity index (χ1v) is 14.7. The summed E-state index contributed by atoms with van der Waals surface area (Å²) in [5.41, 5.74) is 2.10. The summed E-state index contributed by atoms with van der Waals surface area (Å²) in [6, 6.07) is 13.3. The molecule has 198 valence electrons. The summed E-state index contributed by atoms with van der Waals surface area (Å²) >= 11 is 25.2. The third-order valence-corrected chi connectivity index (χ3v) is 7.51. The molecule has 3 aromatic rings. The smallest absolute Gasteiger partial charge is 0.255 e. The maximum atomic E-state index is 13.4. The number of para-hydroxylation sites is 1. The third kappa shape index (κ3) is 6.62. The summed E-state index contributed by atoms with van der Waals surface area (Å²) in [7, 11) is -3.28. The van der Waals surface area contributed by atoms with E-state index in [9.17, 15) is 18.0 Å². The molecule has 0 bridgehead atoms. The van der Waals surface area contributed by atoms with Gasteiger partial charge in [0.15, 0.2) is 9.84 Å². The van der Waals surface area contributed by atoms with Crippen LogP contribution in [0.15, 0.2) is 60.7 Å². The second kappa shape index (κ2) is 11.6. The van der Waals surface area contributed by atoms with Crippen molar-refractivity contribution in [2.75, 3.05) is 23.9 Å². The summed E-state index contributed by atoms with van der Waals surface area (Å²) in [6.07, 6.45) is 2.63. The summed E-state index contributed by atoms with van der Waals surface area (Å²) in [5.74, 6) is -1.31. The van der Waals surface area contributed by atoms with E-state index in [1.54, 1.807) is 30.3 Å². The molecule has 1 aliphatic heterocycles. The minimum atomic E-state index is -3.28. The maximum absolute atomic E-state index is 13.4. The van der Waals surface area contributed by atoms with Gasteiger partial charge < -0.3 is 15.4 Å². The number of rotatable bonds is 7. The van der Waals surface area contributed by atoms with E-state index in [2.05, 4.69) is 10.6 Å². The highest BCUT2D eigenvalue weighted by Gasteiger charge is 2.28. The Morgan fingerprint density at radius 2 is 1.68 bits per heavy atom. The van der Waals surface area contributed by atoms with E-state index in [4.69, 9.17) is 51.1 Å². The van der Waals surface area contributed by atoms with Crippen molar-refractivity contribution in [3.8, 4) is 5.75 Å². The van der Waals surface area contributed by atoms with E-state index < -0.39 is 27.7 Å². The van der Waals surface area contributed by atoms with E-state index >= 15 is 0 Å². The number of amides is 2. The van der Waals surface area contributed by atoms with Gasteiger partial charge in [-0.05, 0) is 48.0 Å². The van der Waals surface area contributed by atoms with Crippen molar-refractivity contribution in [1.82, 2.24) is 5.32 Å². The number of hydrogen-bond donors (Lipinski definition) is 2. The van der Waals surface area contributed by atoms with E-state index in [-0.39, 0.29) is 38.7 Å². The molecule has 0 radical (unpaired) electrons. The van der Waals surface area contributed by atoms with Gasteiger partial charge in [-0.2, -0.15) is 0 Å². The molecule has 7 nitrogen and oxygen atoms in total. The van der Waals surface area contributed by atoms with Gasteiger partial charge in [0.05, 0.1) is 21.4 Å². The minimum absolute atomic E-state index is 0.0260. The van der Waals surface area contributed by atoms with Gasteiger partial charge in [-0.15, -0.1) is 0 Å². The Bertz CT molecular complexity index is 1550. The lowest BCUT2D eigenvalue weighted by molar-refractivity contribution is -0.116. The molecule has 12 heteroatoms. The van der Waals surface area contributed by atoms with Gasteiger partial charge in [-0.25, -0.2) is 8.42 Å². The minimum Gasteiger partial charge on any atom is -0.492 e. The van der Waals surface area contributed by atoms with Gasteiger partial charge in [-0.1, -0.05) is 64.6 Å². The molecular formula is C26H20Cl4N2O5S. The molecule has 0 aliphatic carbocycles. The highest BCUT2D eigenvalue weighted by molar-refractivity contribution is 7.90. The lowest BCUT2D eigenvalue weighted by Gasteiger charge is -2.17. The van der Waals surface area contributed by atoms with Crippen LogP contribution in [0.1, 0.15) is 21.5 Å². The average molecular weight is 614 g/mol. The van der Waals surface area contributed by atoms with Gasteiger partial charge in [0.2, 0.25) is 0 Å². The SMILES string of the molecule is CS(=O)(=O)CCOc1ccc(Cl)cc1C(=O)NC1C=C(c2c(Cl)cc(Cl)cc2Cl)c2ccccc2NC1=O. The fourth-order valence-electron chi connectivity index (χ4n) is 3.82. The Morgan fingerprint density at radius 3 is 2.37 bits per heavy atom. The molecule has 1 aliphatic rings. The van der Waals surface area contributed by atoms with Crippen LogP contribution in [0.2, 0.25) is 20.1 Å². The number of fused-ring (bicyclic) bond motifs is 1. The molecule has 1 heterocycles. The number of hydrogen-bond acceptors (Lipinski definition) is 5. The fourth-order valence-corrected chi connectivity index (χ4v) is 5.40. The van der Waals surface area contributed by atoms with E-state index in [0.717, 1.165) is 6.26 Å². The number of benzene rings is 3. The summed E-state index contributed by atoms with van der Waals surface area (Å²) in [6.45, 7) is -0.169. The van der Waals surface area contributed by atoms with Gasteiger partial charge in [0.25, 0.3) is 11.8 Å². The Morgan fingerprint density at radius 1 is 1.00 bits per heavy atom. The zero-order valence-electron chi connectivity index (χ0n) is 19.7. The van der Waals surface area contributed by atoms with Crippen molar-refractivity contribution in [1.29, 1.82) is 0 Å². The lowest BCUT2D eigenvalue weighted by Crippen LogP contribution is -2.42. The zero-order valence-corrected chi connectivity index (χ0v) is 23.6. The number of carbonyl (C=O) groups excluding carboxylic acids is 2. The third-order valence-electron chi connectivity index (χ3n) is 5.55. The van der Waals surface area contributed by atoms with Crippen molar-refractivity contribution in [2.45, 2.75) is 6.04 Å². The quantitative estimate of drug-likeness (QED) is 0.345. The molecule has 1 unspecified atom stereocenters. The maximum Gasteiger partial charge on any atom is 0.255 e. The molecule has 0 aromatic heterocycles. The average Bonchev–Trinajstić information content (AvgIpc) is 2.95. The normalized spacial score (nSPS) is 15.1. The Balaban J connectivity index is 1.73. The Labute approximate surface area is 239 Å². The molecule has 0 spiro atoms. The fraction of sp³-hybridized carbons (Fsp3) is 0.154. The predicted octanol–water partition coefficient (Wildman–Crippen LogP) is 5.91. The number of carbonyl (C=O) groups is 2. The van der Waals surface area contributed by atoms with Crippen LogP contribution in [0.25, 0.3) is 5.57 Å². The molecule has 0 saturated carbocycles. The second-order valence-corrected chi connectivity index (χ2v) is 12.4. The second-order valence-electron chi connectivity index (χ2n) is 8.43. The topological polar surface area (TPSA) is 102 Å². The Hall–Kier alpha value is -2.75. The molecule has 0 fully saturated rings. The van der Waals surface area contributed by atoms with Crippen LogP contribution < -0.4 is 15.4 Å². The van der Waals surface area contributed by atoms with Crippen molar-refractivity contribution in [3.05, 3.63) is 97.5 Å². The lowest BCUT2D eigenvalue weighted by atomic mass is 9.95. The van der Waals surface area contributed by atoms with Crippen LogP contribution in [-0.2, 0) is 14.6 Å². The van der Waals surface area contributed by atoms with Crippen LogP contribution in [0, 0.1) is 0 Å². The number of sulfone groups is 1. The van der Waals surface area contributed by atoms with Gasteiger partial charge >= 0.3 is 0 Å². The standard InChI is InChI=1S/C26H20Cl4N2O5S/c1-38(35,36)9-8-37-23-7-6-14(27)10-18(23)25(33)32-22-13-17(24-19(29)11-15(28)12-20(24)30)16-4-2-3-5-21(16)31-26(22)34/h2-7,10-13,22H,8-9H2,1H3,(H,31,34)(H,32,33). The molecule has 38 heavy (non-hydrogen) atoms. The molecule has 1 atom stereocenters. The molecule has 2 N–H and O–H groups in total. The predicted molar refractivity (Wildman–Crippen MR) is 152 cm³/mol. The van der Waals surface area contributed by atoms with E-state index in [1.165, 1.54) is 30.3 Å². The summed E-state index contributed by atoms with van der Waals surface area (Å²) < 4.78 is 28.5. The number of halogens is 4. The highest BCUT2D eigenvalue weighted by atomic mass is 35.5. The number of ether oxygens (including phenoxy) is 1. The van der Waals surface area contributed by atoms with Gasteiger partial charge in [-0.3, -0.25) is 9.59 Å². The summed E-state index contributed by atoms with van der Waals surface area (Å²) in [4.78, 5) is 26.5. The molecule has 4 rings (SSSR count). The first kappa shape index (κ1) is 28.3. The van der Waals surface area contributed by atoms with Crippen molar-refractivity contribution >= 4 is 79.3 Å².